The van der Waals surface area contributed by atoms with Crippen LogP contribution < -0.4 is 15.8 Å². The zero-order chi connectivity index (χ0) is 13.8. The van der Waals surface area contributed by atoms with Gasteiger partial charge in [0.1, 0.15) is 5.75 Å². The molecule has 1 fully saturated rings. The molecule has 1 saturated carbocycles. The van der Waals surface area contributed by atoms with Crippen LogP contribution in [-0.4, -0.2) is 25.1 Å². The van der Waals surface area contributed by atoms with Crippen LogP contribution in [0.25, 0.3) is 0 Å². The maximum absolute atomic E-state index is 11.6. The third kappa shape index (κ3) is 3.96. The predicted molar refractivity (Wildman–Crippen MR) is 75.3 cm³/mol. The van der Waals surface area contributed by atoms with Crippen LogP contribution in [0.5, 0.6) is 5.75 Å². The number of nitrogens with one attached hydrogen (secondary N) is 1. The van der Waals surface area contributed by atoms with E-state index in [0.717, 1.165) is 36.1 Å². The lowest BCUT2D eigenvalue weighted by atomic mass is 10.0. The standard InChI is InChI=1S/C15H22N2O2/c1-10-7-12(5-6-16)8-11(2)15(10)19-9-14(18)17-13-3-4-13/h7-8,13H,3-6,9,16H2,1-2H3,(H,17,18). The van der Waals surface area contributed by atoms with Gasteiger partial charge in [0, 0.05) is 6.04 Å². The van der Waals surface area contributed by atoms with E-state index >= 15 is 0 Å². The van der Waals surface area contributed by atoms with Gasteiger partial charge in [-0.1, -0.05) is 12.1 Å². The molecule has 0 aliphatic heterocycles. The Bertz CT molecular complexity index is 444. The summed E-state index contributed by atoms with van der Waals surface area (Å²) in [5, 5.41) is 2.91. The molecule has 0 aromatic heterocycles. The van der Waals surface area contributed by atoms with Gasteiger partial charge in [0.25, 0.3) is 5.91 Å². The van der Waals surface area contributed by atoms with E-state index in [4.69, 9.17) is 10.5 Å². The first-order chi connectivity index (χ1) is 9.10. The van der Waals surface area contributed by atoms with Crippen molar-refractivity contribution in [2.75, 3.05) is 13.2 Å². The van der Waals surface area contributed by atoms with Gasteiger partial charge in [-0.2, -0.15) is 0 Å². The SMILES string of the molecule is Cc1cc(CCN)cc(C)c1OCC(=O)NC1CC1. The molecular weight excluding hydrogens is 240 g/mol. The second-order valence-electron chi connectivity index (χ2n) is 5.23. The summed E-state index contributed by atoms with van der Waals surface area (Å²) < 4.78 is 5.65. The minimum Gasteiger partial charge on any atom is -0.483 e. The average molecular weight is 262 g/mol. The lowest BCUT2D eigenvalue weighted by Crippen LogP contribution is -2.30. The Labute approximate surface area is 114 Å². The minimum absolute atomic E-state index is 0.0349. The van der Waals surface area contributed by atoms with Crippen molar-refractivity contribution in [2.45, 2.75) is 39.2 Å². The number of aryl methyl sites for hydroxylation is 2. The van der Waals surface area contributed by atoms with Gasteiger partial charge in [-0.15, -0.1) is 0 Å². The summed E-state index contributed by atoms with van der Waals surface area (Å²) in [6.45, 7) is 4.74. The number of rotatable bonds is 6. The number of nitrogens with two attached hydrogens (primary N) is 1. The van der Waals surface area contributed by atoms with E-state index in [1.807, 2.05) is 13.8 Å². The summed E-state index contributed by atoms with van der Waals surface area (Å²) in [5.74, 6) is 0.777. The molecule has 0 atom stereocenters. The first kappa shape index (κ1) is 13.9. The summed E-state index contributed by atoms with van der Waals surface area (Å²) in [5.41, 5.74) is 8.90. The third-order valence-corrected chi connectivity index (χ3v) is 3.24. The fourth-order valence-corrected chi connectivity index (χ4v) is 2.21. The molecule has 0 radical (unpaired) electrons. The second kappa shape index (κ2) is 6.06. The van der Waals surface area contributed by atoms with Crippen molar-refractivity contribution in [1.82, 2.24) is 5.32 Å². The third-order valence-electron chi connectivity index (χ3n) is 3.24. The second-order valence-corrected chi connectivity index (χ2v) is 5.23. The molecule has 4 heteroatoms. The highest BCUT2D eigenvalue weighted by Crippen LogP contribution is 2.25. The predicted octanol–water partition coefficient (Wildman–Crippen LogP) is 1.46. The Morgan fingerprint density at radius 2 is 2.00 bits per heavy atom. The van der Waals surface area contributed by atoms with Crippen molar-refractivity contribution in [3.8, 4) is 5.75 Å². The van der Waals surface area contributed by atoms with Crippen LogP contribution in [-0.2, 0) is 11.2 Å². The Morgan fingerprint density at radius 1 is 1.37 bits per heavy atom. The summed E-state index contributed by atoms with van der Waals surface area (Å²) in [7, 11) is 0. The smallest absolute Gasteiger partial charge is 0.258 e. The maximum atomic E-state index is 11.6. The van der Waals surface area contributed by atoms with Crippen molar-refractivity contribution >= 4 is 5.91 Å². The molecule has 1 aromatic carbocycles. The highest BCUT2D eigenvalue weighted by atomic mass is 16.5. The Hall–Kier alpha value is -1.55. The molecule has 4 nitrogen and oxygen atoms in total. The van der Waals surface area contributed by atoms with Gasteiger partial charge in [0.05, 0.1) is 0 Å². The molecule has 3 N–H and O–H groups in total. The normalized spacial score (nSPS) is 14.3. The van der Waals surface area contributed by atoms with Crippen LogP contribution in [0, 0.1) is 13.8 Å². The molecule has 2 rings (SSSR count). The molecule has 19 heavy (non-hydrogen) atoms. The Morgan fingerprint density at radius 3 is 2.53 bits per heavy atom. The first-order valence-electron chi connectivity index (χ1n) is 6.82. The molecule has 0 saturated heterocycles. The van der Waals surface area contributed by atoms with Crippen molar-refractivity contribution in [3.63, 3.8) is 0 Å². The highest BCUT2D eigenvalue weighted by Gasteiger charge is 2.23. The quantitative estimate of drug-likeness (QED) is 0.816. The fraction of sp³-hybridized carbons (Fsp3) is 0.533. The van der Waals surface area contributed by atoms with Gasteiger partial charge < -0.3 is 15.8 Å². The van der Waals surface area contributed by atoms with Crippen LogP contribution in [0.2, 0.25) is 0 Å². The Balaban J connectivity index is 1.96. The summed E-state index contributed by atoms with van der Waals surface area (Å²) in [4.78, 5) is 11.6. The first-order valence-corrected chi connectivity index (χ1v) is 6.82. The number of carbonyl (C=O) groups is 1. The van der Waals surface area contributed by atoms with Gasteiger partial charge in [-0.3, -0.25) is 4.79 Å². The van der Waals surface area contributed by atoms with E-state index in [1.165, 1.54) is 5.56 Å². The lowest BCUT2D eigenvalue weighted by molar-refractivity contribution is -0.123. The Kier molecular flexibility index (Phi) is 4.43. The lowest BCUT2D eigenvalue weighted by Gasteiger charge is -2.14. The monoisotopic (exact) mass is 262 g/mol. The average Bonchev–Trinajstić information content (AvgIpc) is 3.12. The van der Waals surface area contributed by atoms with Crippen LogP contribution in [0.1, 0.15) is 29.5 Å². The highest BCUT2D eigenvalue weighted by molar-refractivity contribution is 5.78. The maximum Gasteiger partial charge on any atom is 0.258 e. The molecule has 0 unspecified atom stereocenters. The fourth-order valence-electron chi connectivity index (χ4n) is 2.21. The zero-order valence-electron chi connectivity index (χ0n) is 11.7. The molecule has 1 aliphatic carbocycles. The largest absolute Gasteiger partial charge is 0.483 e. The van der Waals surface area contributed by atoms with Gasteiger partial charge in [-0.05, 0) is 56.3 Å². The van der Waals surface area contributed by atoms with E-state index in [0.29, 0.717) is 12.6 Å². The number of carbonyl (C=O) groups excluding carboxylic acids is 1. The van der Waals surface area contributed by atoms with E-state index in [2.05, 4.69) is 17.4 Å². The van der Waals surface area contributed by atoms with Crippen molar-refractivity contribution < 1.29 is 9.53 Å². The molecule has 1 aromatic rings. The molecule has 0 spiro atoms. The number of benzene rings is 1. The summed E-state index contributed by atoms with van der Waals surface area (Å²) in [6.07, 6.45) is 3.05. The molecule has 0 bridgehead atoms. The number of hydrogen-bond acceptors (Lipinski definition) is 3. The van der Waals surface area contributed by atoms with E-state index < -0.39 is 0 Å². The molecule has 1 amide bonds. The number of hydrogen-bond donors (Lipinski definition) is 2. The van der Waals surface area contributed by atoms with Crippen molar-refractivity contribution in [3.05, 3.63) is 28.8 Å². The molecular formula is C15H22N2O2. The molecule has 1 aliphatic rings. The van der Waals surface area contributed by atoms with E-state index in [-0.39, 0.29) is 12.5 Å². The van der Waals surface area contributed by atoms with Crippen LogP contribution >= 0.6 is 0 Å². The number of amides is 1. The van der Waals surface area contributed by atoms with Crippen LogP contribution in [0.15, 0.2) is 12.1 Å². The zero-order valence-corrected chi connectivity index (χ0v) is 11.7. The van der Waals surface area contributed by atoms with E-state index in [9.17, 15) is 4.79 Å². The molecule has 104 valence electrons. The van der Waals surface area contributed by atoms with Crippen LogP contribution in [0.4, 0.5) is 0 Å². The van der Waals surface area contributed by atoms with Crippen molar-refractivity contribution in [2.24, 2.45) is 5.73 Å². The van der Waals surface area contributed by atoms with Crippen molar-refractivity contribution in [1.29, 1.82) is 0 Å². The summed E-state index contributed by atoms with van der Waals surface area (Å²) >= 11 is 0. The van der Waals surface area contributed by atoms with Gasteiger partial charge in [0.2, 0.25) is 0 Å². The molecule has 0 heterocycles. The van der Waals surface area contributed by atoms with Crippen LogP contribution in [0.3, 0.4) is 0 Å². The van der Waals surface area contributed by atoms with Gasteiger partial charge in [0.15, 0.2) is 6.61 Å². The summed E-state index contributed by atoms with van der Waals surface area (Å²) in [6, 6.07) is 4.53. The van der Waals surface area contributed by atoms with E-state index in [1.54, 1.807) is 0 Å². The number of ether oxygens (including phenoxy) is 1. The van der Waals surface area contributed by atoms with Gasteiger partial charge in [-0.25, -0.2) is 0 Å². The minimum atomic E-state index is -0.0349. The topological polar surface area (TPSA) is 64.3 Å². The van der Waals surface area contributed by atoms with Gasteiger partial charge >= 0.3 is 0 Å².